The van der Waals surface area contributed by atoms with Crippen molar-refractivity contribution in [3.63, 3.8) is 0 Å². The van der Waals surface area contributed by atoms with Gasteiger partial charge in [0.15, 0.2) is 0 Å². The van der Waals surface area contributed by atoms with Gasteiger partial charge in [-0.05, 0) is 19.9 Å². The molecule has 1 N–H and O–H groups in total. The summed E-state index contributed by atoms with van der Waals surface area (Å²) in [4.78, 5) is 23.7. The Morgan fingerprint density at radius 1 is 1.50 bits per heavy atom. The molecule has 1 aromatic rings. The van der Waals surface area contributed by atoms with Crippen LogP contribution < -0.4 is 4.74 Å². The number of benzene rings is 1. The number of hydrogen-bond acceptors (Lipinski definition) is 5. The molecule has 0 aliphatic rings. The summed E-state index contributed by atoms with van der Waals surface area (Å²) in [5, 5.41) is 20.4. The van der Waals surface area contributed by atoms with E-state index in [0.29, 0.717) is 0 Å². The molecule has 7 heteroatoms. The number of aliphatic hydroxyl groups is 1. The smallest absolute Gasteiger partial charge is 0.273 e. The van der Waals surface area contributed by atoms with Crippen molar-refractivity contribution in [2.45, 2.75) is 19.4 Å². The summed E-state index contributed by atoms with van der Waals surface area (Å²) in [5.41, 5.74) is -0.966. The molecule has 0 radical (unpaired) electrons. The van der Waals surface area contributed by atoms with Gasteiger partial charge in [-0.3, -0.25) is 14.9 Å². The second-order valence-corrected chi connectivity index (χ2v) is 5.12. The lowest BCUT2D eigenvalue weighted by atomic mass is 10.1. The van der Waals surface area contributed by atoms with E-state index in [0.717, 1.165) is 0 Å². The quantitative estimate of drug-likeness (QED) is 0.651. The predicted octanol–water partition coefficient (Wildman–Crippen LogP) is 1.45. The highest BCUT2D eigenvalue weighted by molar-refractivity contribution is 5.97. The molecule has 0 aliphatic heterocycles. The van der Waals surface area contributed by atoms with Crippen molar-refractivity contribution in [3.8, 4) is 5.75 Å². The fourth-order valence-corrected chi connectivity index (χ4v) is 1.83. The van der Waals surface area contributed by atoms with Crippen molar-refractivity contribution in [2.75, 3.05) is 20.7 Å². The molecule has 110 valence electrons. The molecule has 0 aliphatic carbocycles. The Labute approximate surface area is 116 Å². The van der Waals surface area contributed by atoms with Crippen LogP contribution in [0.5, 0.6) is 5.75 Å². The van der Waals surface area contributed by atoms with Gasteiger partial charge in [0.25, 0.3) is 11.6 Å². The Kier molecular flexibility index (Phi) is 4.67. The fourth-order valence-electron chi connectivity index (χ4n) is 1.83. The maximum Gasteiger partial charge on any atom is 0.273 e. The number of carbonyl (C=O) groups excluding carboxylic acids is 1. The zero-order chi connectivity index (χ0) is 15.5. The van der Waals surface area contributed by atoms with Gasteiger partial charge < -0.3 is 14.7 Å². The number of rotatable bonds is 5. The van der Waals surface area contributed by atoms with Gasteiger partial charge in [0, 0.05) is 19.7 Å². The Morgan fingerprint density at radius 2 is 2.10 bits per heavy atom. The van der Waals surface area contributed by atoms with Crippen LogP contribution in [0.4, 0.5) is 5.69 Å². The van der Waals surface area contributed by atoms with Gasteiger partial charge in [-0.2, -0.15) is 0 Å². The van der Waals surface area contributed by atoms with Gasteiger partial charge in [-0.1, -0.05) is 0 Å². The summed E-state index contributed by atoms with van der Waals surface area (Å²) < 4.78 is 5.02. The minimum absolute atomic E-state index is 0.131. The van der Waals surface area contributed by atoms with Crippen molar-refractivity contribution in [3.05, 3.63) is 33.9 Å². The lowest BCUT2D eigenvalue weighted by Gasteiger charge is -2.26. The summed E-state index contributed by atoms with van der Waals surface area (Å²) in [6.45, 7) is 3.31. The van der Waals surface area contributed by atoms with E-state index in [1.54, 1.807) is 20.9 Å². The number of nitro benzene ring substituents is 1. The molecule has 7 nitrogen and oxygen atoms in total. The van der Waals surface area contributed by atoms with E-state index in [1.165, 1.54) is 30.2 Å². The molecule has 1 aromatic carbocycles. The Hall–Kier alpha value is -2.15. The average molecular weight is 282 g/mol. The summed E-state index contributed by atoms with van der Waals surface area (Å²) in [6.07, 6.45) is 0. The van der Waals surface area contributed by atoms with Crippen LogP contribution >= 0.6 is 0 Å². The number of methoxy groups -OCH3 is 1. The third kappa shape index (κ3) is 3.92. The number of hydrogen-bond donors (Lipinski definition) is 1. The van der Waals surface area contributed by atoms with Crippen LogP contribution in [-0.4, -0.2) is 47.1 Å². The Balaban J connectivity index is 3.07. The van der Waals surface area contributed by atoms with Crippen LogP contribution in [0, 0.1) is 10.1 Å². The van der Waals surface area contributed by atoms with Gasteiger partial charge in [0.2, 0.25) is 0 Å². The topological polar surface area (TPSA) is 92.9 Å². The molecule has 0 aromatic heterocycles. The predicted molar refractivity (Wildman–Crippen MR) is 72.9 cm³/mol. The highest BCUT2D eigenvalue weighted by atomic mass is 16.6. The average Bonchev–Trinajstić information content (AvgIpc) is 2.34. The maximum absolute atomic E-state index is 12.2. The summed E-state index contributed by atoms with van der Waals surface area (Å²) in [6, 6.07) is 3.79. The number of nitro groups is 1. The van der Waals surface area contributed by atoms with E-state index in [4.69, 9.17) is 4.74 Å². The van der Waals surface area contributed by atoms with Crippen LogP contribution in [-0.2, 0) is 0 Å². The van der Waals surface area contributed by atoms with Crippen molar-refractivity contribution < 1.29 is 19.6 Å². The molecule has 0 unspecified atom stereocenters. The third-order valence-electron chi connectivity index (χ3n) is 2.60. The van der Waals surface area contributed by atoms with Gasteiger partial charge in [-0.25, -0.2) is 0 Å². The first kappa shape index (κ1) is 15.9. The first-order chi connectivity index (χ1) is 9.15. The van der Waals surface area contributed by atoms with E-state index in [2.05, 4.69) is 0 Å². The zero-order valence-electron chi connectivity index (χ0n) is 11.9. The molecule has 0 saturated carbocycles. The largest absolute Gasteiger partial charge is 0.496 e. The minimum atomic E-state index is -1.03. The van der Waals surface area contributed by atoms with Gasteiger partial charge >= 0.3 is 0 Å². The van der Waals surface area contributed by atoms with Gasteiger partial charge in [-0.15, -0.1) is 0 Å². The molecular weight excluding hydrogens is 264 g/mol. The van der Waals surface area contributed by atoms with Gasteiger partial charge in [0.05, 0.1) is 29.3 Å². The van der Waals surface area contributed by atoms with Crippen LogP contribution in [0.25, 0.3) is 0 Å². The number of carbonyl (C=O) groups is 1. The van der Waals surface area contributed by atoms with Crippen LogP contribution in [0.1, 0.15) is 24.2 Å². The monoisotopic (exact) mass is 282 g/mol. The van der Waals surface area contributed by atoms with Crippen LogP contribution in [0.3, 0.4) is 0 Å². The van der Waals surface area contributed by atoms with Crippen molar-refractivity contribution in [1.29, 1.82) is 0 Å². The molecule has 20 heavy (non-hydrogen) atoms. The highest BCUT2D eigenvalue weighted by Crippen LogP contribution is 2.25. The molecule has 0 saturated heterocycles. The molecule has 0 heterocycles. The minimum Gasteiger partial charge on any atom is -0.496 e. The number of nitrogens with zero attached hydrogens (tertiary/aromatic N) is 2. The molecule has 1 rings (SSSR count). The maximum atomic E-state index is 12.2. The normalized spacial score (nSPS) is 11.1. The highest BCUT2D eigenvalue weighted by Gasteiger charge is 2.23. The van der Waals surface area contributed by atoms with E-state index in [9.17, 15) is 20.0 Å². The first-order valence-corrected chi connectivity index (χ1v) is 5.96. The molecule has 0 bridgehead atoms. The molecule has 0 atom stereocenters. The lowest BCUT2D eigenvalue weighted by molar-refractivity contribution is -0.384. The van der Waals surface area contributed by atoms with Crippen LogP contribution in [0.15, 0.2) is 18.2 Å². The second kappa shape index (κ2) is 5.87. The molecular formula is C13H18N2O5. The second-order valence-electron chi connectivity index (χ2n) is 5.12. The van der Waals surface area contributed by atoms with E-state index >= 15 is 0 Å². The Morgan fingerprint density at radius 3 is 2.55 bits per heavy atom. The third-order valence-corrected chi connectivity index (χ3v) is 2.60. The number of amides is 1. The fraction of sp³-hybridized carbons (Fsp3) is 0.462. The van der Waals surface area contributed by atoms with Crippen molar-refractivity contribution >= 4 is 11.6 Å². The van der Waals surface area contributed by atoms with Crippen molar-refractivity contribution in [1.82, 2.24) is 4.90 Å². The lowest BCUT2D eigenvalue weighted by Crippen LogP contribution is -2.39. The van der Waals surface area contributed by atoms with Crippen molar-refractivity contribution in [2.24, 2.45) is 0 Å². The van der Waals surface area contributed by atoms with E-state index < -0.39 is 10.5 Å². The summed E-state index contributed by atoms with van der Waals surface area (Å²) in [7, 11) is 2.88. The Bertz CT molecular complexity index is 522. The zero-order valence-corrected chi connectivity index (χ0v) is 11.9. The number of likely N-dealkylation sites (N-methyl/N-ethyl adjacent to an activating group) is 1. The number of non-ortho nitro benzene ring substituents is 1. The SMILES string of the molecule is COc1cc([N+](=O)[O-])ccc1C(=O)N(C)CC(C)(C)O. The summed E-state index contributed by atoms with van der Waals surface area (Å²) in [5.74, 6) is -0.245. The molecule has 0 spiro atoms. The first-order valence-electron chi connectivity index (χ1n) is 5.96. The standard InChI is InChI=1S/C13H18N2O5/c1-13(2,17)8-14(3)12(16)10-6-5-9(15(18)19)7-11(10)20-4/h5-7,17H,8H2,1-4H3. The molecule has 0 fully saturated rings. The van der Waals surface area contributed by atoms with E-state index in [1.807, 2.05) is 0 Å². The molecule has 1 amide bonds. The van der Waals surface area contributed by atoms with Crippen LogP contribution in [0.2, 0.25) is 0 Å². The van der Waals surface area contributed by atoms with Gasteiger partial charge in [0.1, 0.15) is 5.75 Å². The van der Waals surface area contributed by atoms with E-state index in [-0.39, 0.29) is 29.5 Å². The number of ether oxygens (including phenoxy) is 1. The summed E-state index contributed by atoms with van der Waals surface area (Å²) >= 11 is 0.